The minimum absolute atomic E-state index is 0.0896. The van der Waals surface area contributed by atoms with Crippen LogP contribution in [0.4, 0.5) is 11.4 Å². The Balaban J connectivity index is 2.01. The van der Waals surface area contributed by atoms with Gasteiger partial charge in [-0.3, -0.25) is 4.79 Å². The van der Waals surface area contributed by atoms with Crippen LogP contribution in [0.3, 0.4) is 0 Å². The van der Waals surface area contributed by atoms with Gasteiger partial charge in [0.15, 0.2) is 0 Å². The van der Waals surface area contributed by atoms with Gasteiger partial charge >= 0.3 is 0 Å². The van der Waals surface area contributed by atoms with Gasteiger partial charge in [-0.1, -0.05) is 0 Å². The van der Waals surface area contributed by atoms with Crippen LogP contribution in [0.2, 0.25) is 0 Å². The Kier molecular flexibility index (Phi) is 5.44. The number of carbonyl (C=O) groups excluding carboxylic acids is 1. The maximum Gasteiger partial charge on any atom is 0.251 e. The molecular weight excluding hydrogens is 266 g/mol. The number of nitrogen functional groups attached to an aromatic ring is 1. The van der Waals surface area contributed by atoms with E-state index in [2.05, 4.69) is 17.6 Å². The van der Waals surface area contributed by atoms with Crippen LogP contribution in [0.15, 0.2) is 18.2 Å². The van der Waals surface area contributed by atoms with Gasteiger partial charge in [-0.2, -0.15) is 0 Å². The van der Waals surface area contributed by atoms with Crippen molar-refractivity contribution in [2.24, 2.45) is 5.92 Å². The van der Waals surface area contributed by atoms with Gasteiger partial charge in [0.05, 0.1) is 11.4 Å². The molecule has 0 spiro atoms. The molecule has 0 saturated carbocycles. The van der Waals surface area contributed by atoms with Crippen molar-refractivity contribution in [2.75, 3.05) is 30.8 Å². The molecule has 1 unspecified atom stereocenters. The molecule has 0 radical (unpaired) electrons. The molecule has 116 valence electrons. The number of hydrogen-bond acceptors (Lipinski definition) is 4. The molecule has 0 aliphatic carbocycles. The molecular formula is C16H25N3O2. The van der Waals surface area contributed by atoms with E-state index in [0.717, 1.165) is 31.7 Å². The fraction of sp³-hybridized carbons (Fsp3) is 0.562. The summed E-state index contributed by atoms with van der Waals surface area (Å²) in [5.41, 5.74) is 8.16. The number of nitrogens with two attached hydrogens (primary N) is 1. The number of carbonyl (C=O) groups is 1. The Bertz CT molecular complexity index is 484. The van der Waals surface area contributed by atoms with Crippen LogP contribution in [-0.2, 0) is 4.74 Å². The molecule has 1 aliphatic rings. The second kappa shape index (κ2) is 7.31. The smallest absolute Gasteiger partial charge is 0.251 e. The molecule has 5 heteroatoms. The number of rotatable bonds is 5. The molecule has 0 bridgehead atoms. The lowest BCUT2D eigenvalue weighted by Crippen LogP contribution is -2.31. The first-order valence-electron chi connectivity index (χ1n) is 7.63. The van der Waals surface area contributed by atoms with Gasteiger partial charge < -0.3 is 21.1 Å². The molecule has 1 amide bonds. The molecule has 1 fully saturated rings. The molecule has 1 aliphatic heterocycles. The summed E-state index contributed by atoms with van der Waals surface area (Å²) in [5, 5.41) is 6.24. The van der Waals surface area contributed by atoms with E-state index in [9.17, 15) is 4.79 Å². The zero-order chi connectivity index (χ0) is 15.2. The van der Waals surface area contributed by atoms with E-state index < -0.39 is 0 Å². The first-order valence-corrected chi connectivity index (χ1v) is 7.63. The van der Waals surface area contributed by atoms with Crippen molar-refractivity contribution >= 4 is 17.3 Å². The van der Waals surface area contributed by atoms with E-state index in [1.807, 2.05) is 13.0 Å². The molecule has 1 aromatic carbocycles. The van der Waals surface area contributed by atoms with Crippen molar-refractivity contribution in [1.29, 1.82) is 0 Å². The number of anilines is 2. The maximum absolute atomic E-state index is 11.8. The van der Waals surface area contributed by atoms with Crippen molar-refractivity contribution in [3.05, 3.63) is 23.8 Å². The van der Waals surface area contributed by atoms with Gasteiger partial charge in [-0.25, -0.2) is 0 Å². The van der Waals surface area contributed by atoms with E-state index in [1.54, 1.807) is 12.1 Å². The monoisotopic (exact) mass is 291 g/mol. The summed E-state index contributed by atoms with van der Waals surface area (Å²) in [6, 6.07) is 5.76. The number of amides is 1. The highest BCUT2D eigenvalue weighted by Gasteiger charge is 2.21. The van der Waals surface area contributed by atoms with Crippen LogP contribution >= 0.6 is 0 Å². The van der Waals surface area contributed by atoms with Crippen LogP contribution in [0.1, 0.15) is 37.0 Å². The highest BCUT2D eigenvalue weighted by atomic mass is 16.5. The first kappa shape index (κ1) is 15.6. The average Bonchev–Trinajstić information content (AvgIpc) is 2.50. The Morgan fingerprint density at radius 3 is 2.76 bits per heavy atom. The van der Waals surface area contributed by atoms with E-state index in [4.69, 9.17) is 10.5 Å². The molecule has 1 heterocycles. The quantitative estimate of drug-likeness (QED) is 0.727. The van der Waals surface area contributed by atoms with Crippen LogP contribution in [0.5, 0.6) is 0 Å². The van der Waals surface area contributed by atoms with Crippen molar-refractivity contribution in [3.63, 3.8) is 0 Å². The van der Waals surface area contributed by atoms with Crippen LogP contribution in [0, 0.1) is 5.92 Å². The third-order valence-corrected chi connectivity index (χ3v) is 4.01. The van der Waals surface area contributed by atoms with E-state index >= 15 is 0 Å². The summed E-state index contributed by atoms with van der Waals surface area (Å²) in [7, 11) is 0. The standard InChI is InChI=1S/C16H25N3O2/c1-3-18-16(20)13-4-5-15(14(17)10-13)19-11(2)12-6-8-21-9-7-12/h4-5,10-12,19H,3,6-9,17H2,1-2H3,(H,18,20). The summed E-state index contributed by atoms with van der Waals surface area (Å²) in [6.45, 7) is 6.35. The van der Waals surface area contributed by atoms with Crippen molar-refractivity contribution in [1.82, 2.24) is 5.32 Å². The van der Waals surface area contributed by atoms with Gasteiger partial charge in [0, 0.05) is 31.4 Å². The minimum Gasteiger partial charge on any atom is -0.397 e. The molecule has 5 nitrogen and oxygen atoms in total. The largest absolute Gasteiger partial charge is 0.397 e. The number of hydrogen-bond donors (Lipinski definition) is 3. The Morgan fingerprint density at radius 2 is 2.14 bits per heavy atom. The normalized spacial score (nSPS) is 17.2. The molecule has 1 saturated heterocycles. The summed E-state index contributed by atoms with van der Waals surface area (Å²) < 4.78 is 5.39. The molecule has 1 atom stereocenters. The summed E-state index contributed by atoms with van der Waals surface area (Å²) in [6.07, 6.45) is 2.15. The fourth-order valence-corrected chi connectivity index (χ4v) is 2.68. The van der Waals surface area contributed by atoms with Gasteiger partial charge in [-0.05, 0) is 50.8 Å². The third-order valence-electron chi connectivity index (χ3n) is 4.01. The maximum atomic E-state index is 11.8. The van der Waals surface area contributed by atoms with Crippen molar-refractivity contribution in [2.45, 2.75) is 32.7 Å². The Morgan fingerprint density at radius 1 is 1.43 bits per heavy atom. The fourth-order valence-electron chi connectivity index (χ4n) is 2.68. The zero-order valence-electron chi connectivity index (χ0n) is 12.8. The molecule has 0 aromatic heterocycles. The van der Waals surface area contributed by atoms with Crippen LogP contribution in [0.25, 0.3) is 0 Å². The van der Waals surface area contributed by atoms with Gasteiger partial charge in [0.1, 0.15) is 0 Å². The lowest BCUT2D eigenvalue weighted by molar-refractivity contribution is 0.0622. The van der Waals surface area contributed by atoms with E-state index in [1.165, 1.54) is 0 Å². The van der Waals surface area contributed by atoms with Crippen LogP contribution < -0.4 is 16.4 Å². The number of benzene rings is 1. The topological polar surface area (TPSA) is 76.4 Å². The molecule has 4 N–H and O–H groups in total. The number of nitrogens with one attached hydrogen (secondary N) is 2. The summed E-state index contributed by atoms with van der Waals surface area (Å²) >= 11 is 0. The highest BCUT2D eigenvalue weighted by Crippen LogP contribution is 2.25. The Labute approximate surface area is 126 Å². The molecule has 1 aromatic rings. The zero-order valence-corrected chi connectivity index (χ0v) is 12.8. The van der Waals surface area contributed by atoms with Gasteiger partial charge in [-0.15, -0.1) is 0 Å². The van der Waals surface area contributed by atoms with Crippen molar-refractivity contribution < 1.29 is 9.53 Å². The minimum atomic E-state index is -0.0896. The highest BCUT2D eigenvalue weighted by molar-refractivity contribution is 5.96. The van der Waals surface area contributed by atoms with Crippen molar-refractivity contribution in [3.8, 4) is 0 Å². The van der Waals surface area contributed by atoms with Gasteiger partial charge in [0.2, 0.25) is 0 Å². The van der Waals surface area contributed by atoms with E-state index in [-0.39, 0.29) is 5.91 Å². The Hall–Kier alpha value is -1.75. The first-order chi connectivity index (χ1) is 10.1. The van der Waals surface area contributed by atoms with Crippen LogP contribution in [-0.4, -0.2) is 31.7 Å². The predicted molar refractivity (Wildman–Crippen MR) is 85.5 cm³/mol. The van der Waals surface area contributed by atoms with Gasteiger partial charge in [0.25, 0.3) is 5.91 Å². The molecule has 21 heavy (non-hydrogen) atoms. The molecule has 2 rings (SSSR count). The summed E-state index contributed by atoms with van der Waals surface area (Å²) in [4.78, 5) is 11.8. The average molecular weight is 291 g/mol. The number of ether oxygens (including phenoxy) is 1. The second-order valence-electron chi connectivity index (χ2n) is 5.54. The lowest BCUT2D eigenvalue weighted by atomic mass is 9.92. The SMILES string of the molecule is CCNC(=O)c1ccc(NC(C)C2CCOCC2)c(N)c1. The third kappa shape index (κ3) is 4.11. The lowest BCUT2D eigenvalue weighted by Gasteiger charge is -2.29. The second-order valence-corrected chi connectivity index (χ2v) is 5.54. The predicted octanol–water partition coefficient (Wildman–Crippen LogP) is 2.25. The summed E-state index contributed by atoms with van der Waals surface area (Å²) in [5.74, 6) is 0.509. The van der Waals surface area contributed by atoms with E-state index in [0.29, 0.717) is 29.8 Å².